The van der Waals surface area contributed by atoms with Crippen molar-refractivity contribution in [2.75, 3.05) is 6.54 Å². The summed E-state index contributed by atoms with van der Waals surface area (Å²) in [6.07, 6.45) is 2.21. The topological polar surface area (TPSA) is 59.2 Å². The average molecular weight is 361 g/mol. The van der Waals surface area contributed by atoms with Crippen molar-refractivity contribution in [3.05, 3.63) is 71.1 Å². The van der Waals surface area contributed by atoms with Crippen LogP contribution in [-0.2, 0) is 11.2 Å². The van der Waals surface area contributed by atoms with E-state index in [9.17, 15) is 4.79 Å². The molecule has 1 unspecified atom stereocenters. The van der Waals surface area contributed by atoms with E-state index >= 15 is 0 Å². The number of nitrogens with zero attached hydrogens (tertiary/aromatic N) is 3. The summed E-state index contributed by atoms with van der Waals surface area (Å²) in [5, 5.41) is 4.13. The van der Waals surface area contributed by atoms with Crippen molar-refractivity contribution in [3.8, 4) is 11.4 Å². The van der Waals surface area contributed by atoms with Gasteiger partial charge in [-0.05, 0) is 37.8 Å². The first-order valence-electron chi connectivity index (χ1n) is 9.36. The predicted octanol–water partition coefficient (Wildman–Crippen LogP) is 4.26. The number of carbonyl (C=O) groups excluding carboxylic acids is 1. The van der Waals surface area contributed by atoms with Gasteiger partial charge < -0.3 is 9.42 Å². The Labute approximate surface area is 159 Å². The molecule has 1 saturated heterocycles. The van der Waals surface area contributed by atoms with Crippen molar-refractivity contribution >= 4 is 5.91 Å². The summed E-state index contributed by atoms with van der Waals surface area (Å²) in [6, 6.07) is 15.9. The van der Waals surface area contributed by atoms with Gasteiger partial charge in [-0.15, -0.1) is 0 Å². The fourth-order valence-electron chi connectivity index (χ4n) is 3.59. The molecule has 0 aliphatic carbocycles. The zero-order chi connectivity index (χ0) is 18.8. The van der Waals surface area contributed by atoms with Gasteiger partial charge in [0.25, 0.3) is 0 Å². The van der Waals surface area contributed by atoms with E-state index in [1.165, 1.54) is 5.56 Å². The number of amides is 1. The number of benzene rings is 2. The van der Waals surface area contributed by atoms with E-state index in [4.69, 9.17) is 4.52 Å². The molecule has 4 rings (SSSR count). The maximum Gasteiger partial charge on any atom is 0.249 e. The quantitative estimate of drug-likeness (QED) is 0.697. The molecule has 5 heteroatoms. The first kappa shape index (κ1) is 17.5. The Morgan fingerprint density at radius 3 is 2.70 bits per heavy atom. The van der Waals surface area contributed by atoms with Gasteiger partial charge in [0.2, 0.25) is 17.6 Å². The highest BCUT2D eigenvalue weighted by atomic mass is 16.5. The first-order chi connectivity index (χ1) is 13.1. The SMILES string of the molecule is Cc1ccc(-c2noc(C3CCCN3C(=O)Cc3ccccc3C)n2)cc1. The average Bonchev–Trinajstić information content (AvgIpc) is 3.33. The molecule has 0 N–H and O–H groups in total. The standard InChI is InChI=1S/C22H23N3O2/c1-15-9-11-17(12-10-15)21-23-22(27-24-21)19-8-5-13-25(19)20(26)14-18-7-4-3-6-16(18)2/h3-4,6-7,9-12,19H,5,8,13-14H2,1-2H3. The Morgan fingerprint density at radius 2 is 1.93 bits per heavy atom. The molecule has 1 atom stereocenters. The fourth-order valence-corrected chi connectivity index (χ4v) is 3.59. The lowest BCUT2D eigenvalue weighted by atomic mass is 10.1. The molecule has 27 heavy (non-hydrogen) atoms. The van der Waals surface area contributed by atoms with Crippen molar-refractivity contribution in [2.24, 2.45) is 0 Å². The van der Waals surface area contributed by atoms with Crippen LogP contribution < -0.4 is 0 Å². The summed E-state index contributed by atoms with van der Waals surface area (Å²) in [6.45, 7) is 4.81. The number of rotatable bonds is 4. The predicted molar refractivity (Wildman–Crippen MR) is 103 cm³/mol. The second-order valence-electron chi connectivity index (χ2n) is 7.17. The zero-order valence-corrected chi connectivity index (χ0v) is 15.7. The molecule has 0 radical (unpaired) electrons. The third-order valence-corrected chi connectivity index (χ3v) is 5.21. The third-order valence-electron chi connectivity index (χ3n) is 5.21. The van der Waals surface area contributed by atoms with Gasteiger partial charge in [-0.2, -0.15) is 4.98 Å². The van der Waals surface area contributed by atoms with Gasteiger partial charge in [-0.3, -0.25) is 4.79 Å². The van der Waals surface area contributed by atoms with Crippen molar-refractivity contribution in [1.82, 2.24) is 15.0 Å². The van der Waals surface area contributed by atoms with Gasteiger partial charge in [-0.25, -0.2) is 0 Å². The van der Waals surface area contributed by atoms with Crippen molar-refractivity contribution in [1.29, 1.82) is 0 Å². The highest BCUT2D eigenvalue weighted by molar-refractivity contribution is 5.79. The van der Waals surface area contributed by atoms with E-state index < -0.39 is 0 Å². The van der Waals surface area contributed by atoms with Crippen LogP contribution in [0.4, 0.5) is 0 Å². The van der Waals surface area contributed by atoms with Gasteiger partial charge >= 0.3 is 0 Å². The number of aromatic nitrogens is 2. The summed E-state index contributed by atoms with van der Waals surface area (Å²) in [4.78, 5) is 19.4. The number of hydrogen-bond acceptors (Lipinski definition) is 4. The van der Waals surface area contributed by atoms with E-state index in [1.807, 2.05) is 67.3 Å². The van der Waals surface area contributed by atoms with Gasteiger partial charge in [0.1, 0.15) is 6.04 Å². The molecular weight excluding hydrogens is 338 g/mol. The zero-order valence-electron chi connectivity index (χ0n) is 15.7. The minimum absolute atomic E-state index is 0.113. The van der Waals surface area contributed by atoms with Crippen LogP contribution in [0.15, 0.2) is 53.1 Å². The minimum Gasteiger partial charge on any atom is -0.337 e. The number of hydrogen-bond donors (Lipinski definition) is 0. The van der Waals surface area contributed by atoms with Crippen molar-refractivity contribution in [3.63, 3.8) is 0 Å². The lowest BCUT2D eigenvalue weighted by Crippen LogP contribution is -2.32. The molecule has 0 bridgehead atoms. The maximum absolute atomic E-state index is 12.9. The number of aryl methyl sites for hydroxylation is 2. The number of likely N-dealkylation sites (tertiary alicyclic amines) is 1. The van der Waals surface area contributed by atoms with Gasteiger partial charge in [0.05, 0.1) is 6.42 Å². The smallest absolute Gasteiger partial charge is 0.249 e. The number of carbonyl (C=O) groups is 1. The molecule has 138 valence electrons. The van der Waals surface area contributed by atoms with Crippen LogP contribution in [0.25, 0.3) is 11.4 Å². The van der Waals surface area contributed by atoms with Crippen LogP contribution in [0.1, 0.15) is 41.5 Å². The van der Waals surface area contributed by atoms with E-state index in [0.29, 0.717) is 18.1 Å². The third kappa shape index (κ3) is 3.63. The molecule has 1 aromatic heterocycles. The molecule has 2 aromatic carbocycles. The Morgan fingerprint density at radius 1 is 1.15 bits per heavy atom. The highest BCUT2D eigenvalue weighted by Crippen LogP contribution is 2.32. The molecule has 1 aliphatic heterocycles. The highest BCUT2D eigenvalue weighted by Gasteiger charge is 2.34. The van der Waals surface area contributed by atoms with Crippen molar-refractivity contribution < 1.29 is 9.32 Å². The largest absolute Gasteiger partial charge is 0.337 e. The molecule has 0 spiro atoms. The van der Waals surface area contributed by atoms with E-state index in [-0.39, 0.29) is 11.9 Å². The van der Waals surface area contributed by atoms with Gasteiger partial charge in [0, 0.05) is 12.1 Å². The second-order valence-corrected chi connectivity index (χ2v) is 7.17. The molecule has 1 amide bonds. The summed E-state index contributed by atoms with van der Waals surface area (Å²) >= 11 is 0. The summed E-state index contributed by atoms with van der Waals surface area (Å²) < 4.78 is 5.53. The van der Waals surface area contributed by atoms with Crippen LogP contribution >= 0.6 is 0 Å². The maximum atomic E-state index is 12.9. The lowest BCUT2D eigenvalue weighted by Gasteiger charge is -2.22. The van der Waals surface area contributed by atoms with Gasteiger partial charge in [-0.1, -0.05) is 59.3 Å². The molecule has 0 saturated carbocycles. The minimum atomic E-state index is -0.131. The monoisotopic (exact) mass is 361 g/mol. The molecule has 2 heterocycles. The van der Waals surface area contributed by atoms with Crippen LogP contribution in [0.5, 0.6) is 0 Å². The molecule has 1 fully saturated rings. The molecule has 1 aliphatic rings. The fraction of sp³-hybridized carbons (Fsp3) is 0.318. The van der Waals surface area contributed by atoms with E-state index in [1.54, 1.807) is 0 Å². The summed E-state index contributed by atoms with van der Waals surface area (Å²) in [5.74, 6) is 1.21. The van der Waals surface area contributed by atoms with Crippen LogP contribution in [0.2, 0.25) is 0 Å². The van der Waals surface area contributed by atoms with Crippen molar-refractivity contribution in [2.45, 2.75) is 39.2 Å². The Bertz CT molecular complexity index is 946. The lowest BCUT2D eigenvalue weighted by molar-refractivity contribution is -0.131. The molecule has 3 aromatic rings. The normalized spacial score (nSPS) is 16.7. The van der Waals surface area contributed by atoms with E-state index in [2.05, 4.69) is 10.1 Å². The second kappa shape index (κ2) is 7.35. The van der Waals surface area contributed by atoms with Crippen LogP contribution in [0.3, 0.4) is 0 Å². The first-order valence-corrected chi connectivity index (χ1v) is 9.36. The molecule has 5 nitrogen and oxygen atoms in total. The Kier molecular flexibility index (Phi) is 4.75. The molecular formula is C22H23N3O2. The summed E-state index contributed by atoms with van der Waals surface area (Å²) in [7, 11) is 0. The van der Waals surface area contributed by atoms with Crippen LogP contribution in [0, 0.1) is 13.8 Å². The summed E-state index contributed by atoms with van der Waals surface area (Å²) in [5.41, 5.74) is 4.32. The van der Waals surface area contributed by atoms with Gasteiger partial charge in [0.15, 0.2) is 0 Å². The van der Waals surface area contributed by atoms with Crippen LogP contribution in [-0.4, -0.2) is 27.5 Å². The Balaban J connectivity index is 1.52. The van der Waals surface area contributed by atoms with E-state index in [0.717, 1.165) is 36.1 Å². The Hall–Kier alpha value is -2.95.